The summed E-state index contributed by atoms with van der Waals surface area (Å²) in [7, 11) is -1.54. The molecule has 9 nitrogen and oxygen atoms in total. The molecule has 0 unspecified atom stereocenters. The number of aryl methyl sites for hydroxylation is 1. The van der Waals surface area contributed by atoms with Gasteiger partial charge < -0.3 is 20.4 Å². The minimum atomic E-state index is -3.69. The molecule has 11 heteroatoms. The number of aromatic nitrogens is 2. The molecule has 2 aromatic carbocycles. The number of piperazine rings is 1. The van der Waals surface area contributed by atoms with E-state index < -0.39 is 10.0 Å². The van der Waals surface area contributed by atoms with Crippen molar-refractivity contribution in [3.63, 3.8) is 0 Å². The van der Waals surface area contributed by atoms with Gasteiger partial charge in [0.1, 0.15) is 9.92 Å². The zero-order chi connectivity index (χ0) is 26.7. The first-order chi connectivity index (χ1) is 18.3. The number of hydrogen-bond acceptors (Lipinski definition) is 8. The van der Waals surface area contributed by atoms with Crippen molar-refractivity contribution < 1.29 is 8.42 Å². The van der Waals surface area contributed by atoms with E-state index in [4.69, 9.17) is 11.6 Å². The summed E-state index contributed by atoms with van der Waals surface area (Å²) in [5.74, 6) is 0.689. The number of hydrogen-bond donors (Lipinski definition) is 3. The van der Waals surface area contributed by atoms with Crippen molar-refractivity contribution in [2.75, 3.05) is 48.8 Å². The van der Waals surface area contributed by atoms with Crippen molar-refractivity contribution in [3.05, 3.63) is 59.2 Å². The molecule has 2 heterocycles. The van der Waals surface area contributed by atoms with E-state index in [0.717, 1.165) is 63.1 Å². The van der Waals surface area contributed by atoms with Gasteiger partial charge in [-0.3, -0.25) is 0 Å². The highest BCUT2D eigenvalue weighted by Gasteiger charge is 2.26. The summed E-state index contributed by atoms with van der Waals surface area (Å²) in [5, 5.41) is 6.72. The van der Waals surface area contributed by atoms with Crippen LogP contribution in [0.2, 0.25) is 5.02 Å². The maximum Gasteiger partial charge on any atom is 0.242 e. The van der Waals surface area contributed by atoms with Crippen LogP contribution in [-0.2, 0) is 16.4 Å². The molecule has 1 aliphatic carbocycles. The molecular formula is C27H34ClN7O2S. The van der Waals surface area contributed by atoms with Gasteiger partial charge in [-0.15, -0.1) is 0 Å². The Labute approximate surface area is 229 Å². The summed E-state index contributed by atoms with van der Waals surface area (Å²) in [6, 6.07) is 13.1. The molecule has 0 spiro atoms. The number of benzene rings is 2. The number of likely N-dealkylation sites (N-methyl/N-ethyl adjacent to an activating group) is 1. The predicted molar refractivity (Wildman–Crippen MR) is 154 cm³/mol. The third-order valence-corrected chi connectivity index (χ3v) is 9.04. The van der Waals surface area contributed by atoms with Gasteiger partial charge in [-0.1, -0.05) is 37.1 Å². The smallest absolute Gasteiger partial charge is 0.242 e. The lowest BCUT2D eigenvalue weighted by atomic mass is 9.94. The van der Waals surface area contributed by atoms with E-state index >= 15 is 0 Å². The fourth-order valence-corrected chi connectivity index (χ4v) is 6.24. The molecule has 38 heavy (non-hydrogen) atoms. The van der Waals surface area contributed by atoms with E-state index in [1.807, 2.05) is 0 Å². The van der Waals surface area contributed by atoms with Gasteiger partial charge in [0.15, 0.2) is 5.82 Å². The quantitative estimate of drug-likeness (QED) is 0.347. The van der Waals surface area contributed by atoms with Gasteiger partial charge in [0, 0.05) is 43.6 Å². The van der Waals surface area contributed by atoms with E-state index in [-0.39, 0.29) is 16.0 Å². The van der Waals surface area contributed by atoms with Crippen LogP contribution in [-0.4, -0.2) is 62.6 Å². The van der Waals surface area contributed by atoms with Crippen molar-refractivity contribution in [1.29, 1.82) is 0 Å². The first-order valence-corrected chi connectivity index (χ1v) is 14.9. The highest BCUT2D eigenvalue weighted by Crippen LogP contribution is 2.31. The van der Waals surface area contributed by atoms with Crippen LogP contribution in [0.5, 0.6) is 0 Å². The number of halogens is 1. The maximum absolute atomic E-state index is 13.0. The Morgan fingerprint density at radius 3 is 2.50 bits per heavy atom. The Morgan fingerprint density at radius 2 is 1.79 bits per heavy atom. The topological polar surface area (TPSA) is 102 Å². The van der Waals surface area contributed by atoms with Gasteiger partial charge >= 0.3 is 0 Å². The van der Waals surface area contributed by atoms with Crippen LogP contribution in [0, 0.1) is 0 Å². The van der Waals surface area contributed by atoms with Crippen LogP contribution in [0.3, 0.4) is 0 Å². The molecule has 1 aliphatic heterocycles. The second-order valence-corrected chi connectivity index (χ2v) is 12.0. The third kappa shape index (κ3) is 6.04. The van der Waals surface area contributed by atoms with Crippen molar-refractivity contribution in [3.8, 4) is 0 Å². The van der Waals surface area contributed by atoms with Gasteiger partial charge in [0.25, 0.3) is 0 Å². The number of nitrogens with zero attached hydrogens (tertiary/aromatic N) is 4. The average molecular weight is 556 g/mol. The Kier molecular flexibility index (Phi) is 8.04. The second-order valence-electron chi connectivity index (χ2n) is 9.87. The molecule has 0 atom stereocenters. The normalized spacial score (nSPS) is 16.8. The summed E-state index contributed by atoms with van der Waals surface area (Å²) >= 11 is 6.42. The second kappa shape index (κ2) is 11.4. The van der Waals surface area contributed by atoms with E-state index in [1.54, 1.807) is 24.3 Å². The van der Waals surface area contributed by atoms with Crippen LogP contribution in [0.4, 0.5) is 28.8 Å². The fourth-order valence-electron chi connectivity index (χ4n) is 4.63. The zero-order valence-electron chi connectivity index (χ0n) is 21.7. The first kappa shape index (κ1) is 26.7. The molecule has 2 fully saturated rings. The molecule has 1 saturated heterocycles. The lowest BCUT2D eigenvalue weighted by Crippen LogP contribution is -2.44. The van der Waals surface area contributed by atoms with Crippen molar-refractivity contribution >= 4 is 50.5 Å². The van der Waals surface area contributed by atoms with Gasteiger partial charge in [0.05, 0.1) is 11.9 Å². The van der Waals surface area contributed by atoms with Gasteiger partial charge in [0.2, 0.25) is 16.0 Å². The summed E-state index contributed by atoms with van der Waals surface area (Å²) in [4.78, 5) is 13.8. The average Bonchev–Trinajstić information content (AvgIpc) is 2.89. The summed E-state index contributed by atoms with van der Waals surface area (Å²) in [6.07, 6.45) is 5.11. The Hall–Kier alpha value is -2.92. The molecule has 0 radical (unpaired) electrons. The van der Waals surface area contributed by atoms with E-state index in [0.29, 0.717) is 17.5 Å². The molecule has 3 N–H and O–H groups in total. The number of anilines is 5. The molecule has 1 saturated carbocycles. The van der Waals surface area contributed by atoms with Crippen LogP contribution in [0.25, 0.3) is 0 Å². The van der Waals surface area contributed by atoms with Crippen molar-refractivity contribution in [2.45, 2.75) is 43.5 Å². The Bertz CT molecular complexity index is 1390. The number of sulfonamides is 1. The molecule has 202 valence electrons. The minimum Gasteiger partial charge on any atom is -0.369 e. The molecule has 5 rings (SSSR count). The van der Waals surface area contributed by atoms with E-state index in [9.17, 15) is 8.42 Å². The van der Waals surface area contributed by atoms with Gasteiger partial charge in [-0.2, -0.15) is 4.98 Å². The lowest BCUT2D eigenvalue weighted by molar-refractivity contribution is 0.313. The molecule has 3 aromatic rings. The highest BCUT2D eigenvalue weighted by atomic mass is 35.5. The Morgan fingerprint density at radius 1 is 1.03 bits per heavy atom. The number of rotatable bonds is 9. The summed E-state index contributed by atoms with van der Waals surface area (Å²) in [5.41, 5.74) is 3.70. The number of para-hydroxylation sites is 1. The third-order valence-electron chi connectivity index (χ3n) is 7.19. The Balaban J connectivity index is 1.36. The summed E-state index contributed by atoms with van der Waals surface area (Å²) < 4.78 is 28.9. The molecule has 2 aliphatic rings. The highest BCUT2D eigenvalue weighted by molar-refractivity contribution is 7.89. The molecular weight excluding hydrogens is 522 g/mol. The van der Waals surface area contributed by atoms with Crippen LogP contribution >= 0.6 is 11.6 Å². The maximum atomic E-state index is 13.0. The monoisotopic (exact) mass is 555 g/mol. The van der Waals surface area contributed by atoms with Crippen LogP contribution in [0.15, 0.2) is 53.6 Å². The fraction of sp³-hybridized carbons (Fsp3) is 0.407. The largest absolute Gasteiger partial charge is 0.369 e. The van der Waals surface area contributed by atoms with Crippen LogP contribution < -0.4 is 20.3 Å². The van der Waals surface area contributed by atoms with Gasteiger partial charge in [-0.25, -0.2) is 18.1 Å². The van der Waals surface area contributed by atoms with Gasteiger partial charge in [-0.05, 0) is 62.2 Å². The SMILES string of the molecule is CCc1cc(N2CCN(C)CC2)ccc1Nc1ncc(Cl)c(Nc2ccccc2S(=O)(=O)NC2CCC2)n1. The van der Waals surface area contributed by atoms with Crippen molar-refractivity contribution in [2.24, 2.45) is 0 Å². The molecule has 0 bridgehead atoms. The molecule has 0 amide bonds. The zero-order valence-corrected chi connectivity index (χ0v) is 23.3. The predicted octanol–water partition coefficient (Wildman–Crippen LogP) is 4.76. The minimum absolute atomic E-state index is 0.0121. The van der Waals surface area contributed by atoms with Crippen LogP contribution in [0.1, 0.15) is 31.7 Å². The standard InChI is InChI=1S/C27H34ClN7O2S/c1-3-19-17-21(35-15-13-34(2)14-16-35)11-12-23(19)31-27-29-18-22(28)26(32-27)30-24-9-4-5-10-25(24)38(36,37)33-20-7-6-8-20/h4-5,9-12,17-18,20,33H,3,6-8,13-16H2,1-2H3,(H2,29,30,31,32). The number of nitrogens with one attached hydrogen (secondary N) is 3. The van der Waals surface area contributed by atoms with E-state index in [2.05, 4.69) is 67.3 Å². The van der Waals surface area contributed by atoms with E-state index in [1.165, 1.54) is 11.9 Å². The lowest BCUT2D eigenvalue weighted by Gasteiger charge is -2.34. The van der Waals surface area contributed by atoms with Crippen molar-refractivity contribution in [1.82, 2.24) is 19.6 Å². The first-order valence-electron chi connectivity index (χ1n) is 13.1. The summed E-state index contributed by atoms with van der Waals surface area (Å²) in [6.45, 7) is 6.25. The molecule has 1 aromatic heterocycles.